The highest BCUT2D eigenvalue weighted by molar-refractivity contribution is 5.94. The largest absolute Gasteiger partial charge is 0.341 e. The number of nitrogens with one attached hydrogen (secondary N) is 1. The lowest BCUT2D eigenvalue weighted by Gasteiger charge is -2.17. The minimum absolute atomic E-state index is 0.0840. The SMILES string of the molecule is Cc1nc(-c2ncc(C)[nH]2)cc(C2CCN(C(=O)c3ccccc3)C2)n1. The minimum Gasteiger partial charge on any atom is -0.341 e. The lowest BCUT2D eigenvalue weighted by molar-refractivity contribution is 0.0790. The van der Waals surface area contributed by atoms with E-state index < -0.39 is 0 Å². The number of hydrogen-bond acceptors (Lipinski definition) is 4. The highest BCUT2D eigenvalue weighted by atomic mass is 16.2. The van der Waals surface area contributed by atoms with Crippen molar-refractivity contribution < 1.29 is 4.79 Å². The van der Waals surface area contributed by atoms with Crippen LogP contribution in [0.2, 0.25) is 0 Å². The molecule has 1 aromatic carbocycles. The third kappa shape index (κ3) is 3.22. The first-order chi connectivity index (χ1) is 12.6. The molecule has 132 valence electrons. The Hall–Kier alpha value is -3.02. The molecule has 1 amide bonds. The van der Waals surface area contributed by atoms with Gasteiger partial charge in [-0.15, -0.1) is 0 Å². The number of H-pyrrole nitrogens is 1. The van der Waals surface area contributed by atoms with Crippen molar-refractivity contribution in [3.8, 4) is 11.5 Å². The van der Waals surface area contributed by atoms with E-state index in [1.54, 1.807) is 6.20 Å². The van der Waals surface area contributed by atoms with Gasteiger partial charge < -0.3 is 9.88 Å². The van der Waals surface area contributed by atoms with E-state index in [1.165, 1.54) is 0 Å². The van der Waals surface area contributed by atoms with Crippen LogP contribution in [0.25, 0.3) is 11.5 Å². The van der Waals surface area contributed by atoms with Crippen molar-refractivity contribution in [3.05, 3.63) is 65.4 Å². The summed E-state index contributed by atoms with van der Waals surface area (Å²) in [7, 11) is 0. The number of benzene rings is 1. The normalized spacial score (nSPS) is 16.8. The molecule has 1 saturated heterocycles. The van der Waals surface area contributed by atoms with Gasteiger partial charge in [-0.25, -0.2) is 15.0 Å². The monoisotopic (exact) mass is 347 g/mol. The Bertz CT molecular complexity index is 934. The summed E-state index contributed by atoms with van der Waals surface area (Å²) in [4.78, 5) is 31.3. The van der Waals surface area contributed by atoms with Crippen molar-refractivity contribution in [1.82, 2.24) is 24.8 Å². The van der Waals surface area contributed by atoms with E-state index in [9.17, 15) is 4.79 Å². The zero-order valence-corrected chi connectivity index (χ0v) is 14.9. The number of aromatic nitrogens is 4. The molecule has 2 aromatic heterocycles. The molecule has 1 unspecified atom stereocenters. The molecule has 26 heavy (non-hydrogen) atoms. The fraction of sp³-hybridized carbons (Fsp3) is 0.300. The highest BCUT2D eigenvalue weighted by Crippen LogP contribution is 2.28. The van der Waals surface area contributed by atoms with Crippen LogP contribution in [0.5, 0.6) is 0 Å². The van der Waals surface area contributed by atoms with E-state index in [0.29, 0.717) is 6.54 Å². The summed E-state index contributed by atoms with van der Waals surface area (Å²) in [6.07, 6.45) is 2.70. The van der Waals surface area contributed by atoms with Crippen molar-refractivity contribution in [2.75, 3.05) is 13.1 Å². The molecule has 0 saturated carbocycles. The number of nitrogens with zero attached hydrogens (tertiary/aromatic N) is 4. The van der Waals surface area contributed by atoms with Gasteiger partial charge in [0.05, 0.1) is 0 Å². The first kappa shape index (κ1) is 16.4. The second kappa shape index (κ2) is 6.71. The Labute approximate surface area is 152 Å². The van der Waals surface area contributed by atoms with Crippen molar-refractivity contribution >= 4 is 5.91 Å². The number of imidazole rings is 1. The van der Waals surface area contributed by atoms with Gasteiger partial charge in [0, 0.05) is 42.2 Å². The maximum Gasteiger partial charge on any atom is 0.253 e. The Balaban J connectivity index is 1.55. The molecule has 6 nitrogen and oxygen atoms in total. The number of carbonyl (C=O) groups excluding carboxylic acids is 1. The van der Waals surface area contributed by atoms with Gasteiger partial charge in [-0.2, -0.15) is 0 Å². The smallest absolute Gasteiger partial charge is 0.253 e. The van der Waals surface area contributed by atoms with E-state index in [0.717, 1.165) is 47.3 Å². The summed E-state index contributed by atoms with van der Waals surface area (Å²) >= 11 is 0. The Morgan fingerprint density at radius 3 is 2.73 bits per heavy atom. The van der Waals surface area contributed by atoms with Gasteiger partial charge >= 0.3 is 0 Å². The first-order valence-corrected chi connectivity index (χ1v) is 8.82. The minimum atomic E-state index is 0.0840. The molecule has 1 N–H and O–H groups in total. The topological polar surface area (TPSA) is 74.8 Å². The summed E-state index contributed by atoms with van der Waals surface area (Å²) in [5.74, 6) is 1.78. The molecule has 3 heterocycles. The quantitative estimate of drug-likeness (QED) is 0.790. The van der Waals surface area contributed by atoms with Gasteiger partial charge in [0.25, 0.3) is 5.91 Å². The van der Waals surface area contributed by atoms with Crippen LogP contribution >= 0.6 is 0 Å². The molecule has 1 fully saturated rings. The lowest BCUT2D eigenvalue weighted by Crippen LogP contribution is -2.28. The maximum atomic E-state index is 12.7. The average Bonchev–Trinajstić information content (AvgIpc) is 3.31. The molecule has 3 aromatic rings. The van der Waals surface area contributed by atoms with Gasteiger partial charge in [-0.3, -0.25) is 4.79 Å². The van der Waals surface area contributed by atoms with Gasteiger partial charge in [-0.05, 0) is 38.5 Å². The molecule has 0 aliphatic carbocycles. The molecule has 1 atom stereocenters. The zero-order chi connectivity index (χ0) is 18.1. The summed E-state index contributed by atoms with van der Waals surface area (Å²) in [5, 5.41) is 0. The maximum absolute atomic E-state index is 12.7. The predicted octanol–water partition coefficient (Wildman–Crippen LogP) is 3.11. The van der Waals surface area contributed by atoms with Crippen molar-refractivity contribution in [2.45, 2.75) is 26.2 Å². The van der Waals surface area contributed by atoms with E-state index >= 15 is 0 Å². The number of carbonyl (C=O) groups is 1. The summed E-state index contributed by atoms with van der Waals surface area (Å²) in [6, 6.07) is 11.4. The number of aromatic amines is 1. The third-order valence-electron chi connectivity index (χ3n) is 4.72. The molecular formula is C20H21N5O. The number of hydrogen-bond donors (Lipinski definition) is 1. The van der Waals surface area contributed by atoms with Crippen LogP contribution in [0, 0.1) is 13.8 Å². The van der Waals surface area contributed by atoms with Gasteiger partial charge in [0.1, 0.15) is 11.5 Å². The zero-order valence-electron chi connectivity index (χ0n) is 14.9. The third-order valence-corrected chi connectivity index (χ3v) is 4.72. The number of rotatable bonds is 3. The number of likely N-dealkylation sites (tertiary alicyclic amines) is 1. The Morgan fingerprint density at radius 1 is 1.19 bits per heavy atom. The molecular weight excluding hydrogens is 326 g/mol. The average molecular weight is 347 g/mol. The molecule has 0 radical (unpaired) electrons. The number of aryl methyl sites for hydroxylation is 2. The second-order valence-corrected chi connectivity index (χ2v) is 6.74. The first-order valence-electron chi connectivity index (χ1n) is 8.82. The van der Waals surface area contributed by atoms with E-state index in [-0.39, 0.29) is 11.8 Å². The number of amides is 1. The van der Waals surface area contributed by atoms with Crippen LogP contribution in [-0.4, -0.2) is 43.8 Å². The summed E-state index contributed by atoms with van der Waals surface area (Å²) in [5.41, 5.74) is 3.51. The molecule has 0 spiro atoms. The molecule has 6 heteroatoms. The van der Waals surface area contributed by atoms with Crippen LogP contribution in [-0.2, 0) is 0 Å². The second-order valence-electron chi connectivity index (χ2n) is 6.74. The van der Waals surface area contributed by atoms with Crippen LogP contribution in [0.4, 0.5) is 0 Å². The fourth-order valence-corrected chi connectivity index (χ4v) is 3.41. The molecule has 4 rings (SSSR count). The van der Waals surface area contributed by atoms with Crippen LogP contribution < -0.4 is 0 Å². The van der Waals surface area contributed by atoms with Gasteiger partial charge in [0.2, 0.25) is 0 Å². The highest BCUT2D eigenvalue weighted by Gasteiger charge is 2.29. The van der Waals surface area contributed by atoms with Crippen LogP contribution in [0.1, 0.15) is 39.9 Å². The molecule has 1 aliphatic heterocycles. The van der Waals surface area contributed by atoms with Gasteiger partial charge in [-0.1, -0.05) is 18.2 Å². The van der Waals surface area contributed by atoms with Crippen molar-refractivity contribution in [1.29, 1.82) is 0 Å². The van der Waals surface area contributed by atoms with E-state index in [1.807, 2.05) is 55.1 Å². The fourth-order valence-electron chi connectivity index (χ4n) is 3.41. The van der Waals surface area contributed by atoms with E-state index in [2.05, 4.69) is 19.9 Å². The van der Waals surface area contributed by atoms with E-state index in [4.69, 9.17) is 0 Å². The van der Waals surface area contributed by atoms with Crippen LogP contribution in [0.15, 0.2) is 42.6 Å². The molecule has 1 aliphatic rings. The standard InChI is InChI=1S/C20H21N5O/c1-13-11-21-19(22-13)18-10-17(23-14(2)24-18)16-8-9-25(12-16)20(26)15-6-4-3-5-7-15/h3-7,10-11,16H,8-9,12H2,1-2H3,(H,21,22). The Morgan fingerprint density at radius 2 is 2.00 bits per heavy atom. The van der Waals surface area contributed by atoms with Crippen molar-refractivity contribution in [2.24, 2.45) is 0 Å². The summed E-state index contributed by atoms with van der Waals surface area (Å²) < 4.78 is 0. The van der Waals surface area contributed by atoms with Crippen LogP contribution in [0.3, 0.4) is 0 Å². The van der Waals surface area contributed by atoms with Gasteiger partial charge in [0.15, 0.2) is 5.82 Å². The summed E-state index contributed by atoms with van der Waals surface area (Å²) in [6.45, 7) is 5.29. The lowest BCUT2D eigenvalue weighted by atomic mass is 10.0. The molecule has 0 bridgehead atoms. The Kier molecular flexibility index (Phi) is 4.24. The predicted molar refractivity (Wildman–Crippen MR) is 98.8 cm³/mol. The van der Waals surface area contributed by atoms with Crippen molar-refractivity contribution in [3.63, 3.8) is 0 Å².